The molecule has 8 heteroatoms. The zero-order valence-corrected chi connectivity index (χ0v) is 18.2. The molecule has 1 aromatic carbocycles. The van der Waals surface area contributed by atoms with Crippen LogP contribution in [0.4, 0.5) is 0 Å². The quantitative estimate of drug-likeness (QED) is 0.657. The van der Waals surface area contributed by atoms with Crippen LogP contribution in [-0.2, 0) is 17.1 Å². The molecule has 1 aliphatic rings. The van der Waals surface area contributed by atoms with E-state index in [9.17, 15) is 13.2 Å². The molecule has 4 rings (SSSR count). The maximum Gasteiger partial charge on any atom is 0.270 e. The third kappa shape index (κ3) is 3.80. The maximum absolute atomic E-state index is 13.0. The molecule has 158 valence electrons. The first-order valence-corrected chi connectivity index (χ1v) is 11.5. The van der Waals surface area contributed by atoms with E-state index in [1.807, 2.05) is 24.4 Å². The largest absolute Gasteiger partial charge is 0.361 e. The molecule has 0 aliphatic carbocycles. The first kappa shape index (κ1) is 20.4. The van der Waals surface area contributed by atoms with E-state index in [4.69, 9.17) is 0 Å². The van der Waals surface area contributed by atoms with Gasteiger partial charge in [0, 0.05) is 55.0 Å². The smallest absolute Gasteiger partial charge is 0.270 e. The minimum atomic E-state index is -3.64. The summed E-state index contributed by atoms with van der Waals surface area (Å²) in [5, 5.41) is 1.18. The number of nitrogens with zero attached hydrogens (tertiary/aromatic N) is 2. The molecule has 30 heavy (non-hydrogen) atoms. The van der Waals surface area contributed by atoms with E-state index in [1.165, 1.54) is 28.8 Å². The summed E-state index contributed by atoms with van der Waals surface area (Å²) in [5.74, 6) is -0.169. The van der Waals surface area contributed by atoms with Gasteiger partial charge in [0.15, 0.2) is 0 Å². The van der Waals surface area contributed by atoms with Crippen LogP contribution in [0.3, 0.4) is 0 Å². The van der Waals surface area contributed by atoms with Crippen LogP contribution in [0, 0.1) is 0 Å². The molecule has 1 aliphatic heterocycles. The summed E-state index contributed by atoms with van der Waals surface area (Å²) in [6.45, 7) is 4.60. The standard InChI is InChI=1S/C22H26N4O3S/c1-15(2)24-30(28,29)17-12-21(25(3)14-17)22(27)26-10-8-16(9-11-26)19-13-23-20-7-5-4-6-18(19)20/h4-8,12-15,23-24H,9-11H2,1-3H3. The van der Waals surface area contributed by atoms with Crippen molar-refractivity contribution in [1.29, 1.82) is 0 Å². The number of rotatable bonds is 5. The van der Waals surface area contributed by atoms with Crippen LogP contribution >= 0.6 is 0 Å². The number of benzene rings is 1. The molecule has 1 amide bonds. The number of hydrogen-bond donors (Lipinski definition) is 2. The SMILES string of the molecule is CC(C)NS(=O)(=O)c1cc(C(=O)N2CC=C(c3c[nH]c4ccccc34)CC2)n(C)c1. The van der Waals surface area contributed by atoms with Gasteiger partial charge in [0.1, 0.15) is 10.6 Å². The topological polar surface area (TPSA) is 87.2 Å². The number of aromatic nitrogens is 2. The van der Waals surface area contributed by atoms with E-state index in [0.29, 0.717) is 18.8 Å². The van der Waals surface area contributed by atoms with Gasteiger partial charge >= 0.3 is 0 Å². The summed E-state index contributed by atoms with van der Waals surface area (Å²) in [6.07, 6.45) is 6.33. The molecular weight excluding hydrogens is 400 g/mol. The van der Waals surface area contributed by atoms with Crippen molar-refractivity contribution < 1.29 is 13.2 Å². The summed E-state index contributed by atoms with van der Waals surface area (Å²) in [7, 11) is -1.95. The third-order valence-corrected chi connectivity index (χ3v) is 6.96. The molecule has 0 fully saturated rings. The molecular formula is C22H26N4O3S. The highest BCUT2D eigenvalue weighted by molar-refractivity contribution is 7.89. The van der Waals surface area contributed by atoms with Crippen LogP contribution in [0.1, 0.15) is 36.3 Å². The van der Waals surface area contributed by atoms with Crippen molar-refractivity contribution in [3.8, 4) is 0 Å². The number of aromatic amines is 1. The van der Waals surface area contributed by atoms with E-state index in [-0.39, 0.29) is 16.8 Å². The number of carbonyl (C=O) groups is 1. The van der Waals surface area contributed by atoms with Gasteiger partial charge in [-0.15, -0.1) is 0 Å². The van der Waals surface area contributed by atoms with E-state index < -0.39 is 10.0 Å². The van der Waals surface area contributed by atoms with Crippen LogP contribution in [0.5, 0.6) is 0 Å². The molecule has 0 saturated heterocycles. The summed E-state index contributed by atoms with van der Waals surface area (Å²) in [4.78, 5) is 18.2. The lowest BCUT2D eigenvalue weighted by atomic mass is 9.99. The maximum atomic E-state index is 13.0. The molecule has 0 spiro atoms. The molecule has 0 saturated carbocycles. The van der Waals surface area contributed by atoms with Crippen LogP contribution < -0.4 is 4.72 Å². The normalized spacial score (nSPS) is 15.1. The Morgan fingerprint density at radius 1 is 1.23 bits per heavy atom. The van der Waals surface area contributed by atoms with Gasteiger partial charge in [0.2, 0.25) is 10.0 Å². The average Bonchev–Trinajstić information content (AvgIpc) is 3.31. The van der Waals surface area contributed by atoms with Gasteiger partial charge in [0.25, 0.3) is 5.91 Å². The van der Waals surface area contributed by atoms with E-state index in [1.54, 1.807) is 30.4 Å². The lowest BCUT2D eigenvalue weighted by Gasteiger charge is -2.26. The monoisotopic (exact) mass is 426 g/mol. The fourth-order valence-corrected chi connectivity index (χ4v) is 5.19. The minimum absolute atomic E-state index is 0.106. The number of carbonyl (C=O) groups excluding carboxylic acids is 1. The van der Waals surface area contributed by atoms with Gasteiger partial charge < -0.3 is 14.5 Å². The number of fused-ring (bicyclic) bond motifs is 1. The second-order valence-corrected chi connectivity index (χ2v) is 9.64. The zero-order valence-electron chi connectivity index (χ0n) is 17.3. The Morgan fingerprint density at radius 2 is 2.00 bits per heavy atom. The van der Waals surface area contributed by atoms with Gasteiger partial charge in [-0.05, 0) is 38.0 Å². The Kier molecular flexibility index (Phi) is 5.29. The minimum Gasteiger partial charge on any atom is -0.361 e. The Hall–Kier alpha value is -2.84. The Labute approximate surface area is 176 Å². The van der Waals surface area contributed by atoms with Crippen LogP contribution in [-0.4, -0.2) is 47.9 Å². The fraction of sp³-hybridized carbons (Fsp3) is 0.318. The highest BCUT2D eigenvalue weighted by Crippen LogP contribution is 2.29. The molecule has 0 unspecified atom stereocenters. The van der Waals surface area contributed by atoms with E-state index >= 15 is 0 Å². The van der Waals surface area contributed by atoms with Crippen molar-refractivity contribution >= 4 is 32.4 Å². The van der Waals surface area contributed by atoms with Crippen molar-refractivity contribution in [3.05, 3.63) is 60.1 Å². The predicted octanol–water partition coefficient (Wildman–Crippen LogP) is 3.12. The first-order valence-electron chi connectivity index (χ1n) is 10.00. The highest BCUT2D eigenvalue weighted by Gasteiger charge is 2.25. The molecule has 2 aromatic heterocycles. The second-order valence-electron chi connectivity index (χ2n) is 7.93. The summed E-state index contributed by atoms with van der Waals surface area (Å²) < 4.78 is 29.0. The van der Waals surface area contributed by atoms with Crippen LogP contribution in [0.25, 0.3) is 16.5 Å². The molecule has 2 N–H and O–H groups in total. The van der Waals surface area contributed by atoms with Crippen molar-refractivity contribution in [3.63, 3.8) is 0 Å². The molecule has 0 atom stereocenters. The lowest BCUT2D eigenvalue weighted by molar-refractivity contribution is 0.0763. The Morgan fingerprint density at radius 3 is 2.70 bits per heavy atom. The fourth-order valence-electron chi connectivity index (χ4n) is 3.87. The first-order chi connectivity index (χ1) is 14.3. The van der Waals surface area contributed by atoms with Gasteiger partial charge in [-0.1, -0.05) is 24.3 Å². The number of hydrogen-bond acceptors (Lipinski definition) is 3. The second kappa shape index (κ2) is 7.77. The molecule has 3 aromatic rings. The average molecular weight is 427 g/mol. The summed E-state index contributed by atoms with van der Waals surface area (Å²) >= 11 is 0. The highest BCUT2D eigenvalue weighted by atomic mass is 32.2. The zero-order chi connectivity index (χ0) is 21.5. The lowest BCUT2D eigenvalue weighted by Crippen LogP contribution is -2.35. The predicted molar refractivity (Wildman–Crippen MR) is 118 cm³/mol. The van der Waals surface area contributed by atoms with Gasteiger partial charge in [-0.25, -0.2) is 13.1 Å². The third-order valence-electron chi connectivity index (χ3n) is 5.33. The van der Waals surface area contributed by atoms with Crippen LogP contribution in [0.15, 0.2) is 53.7 Å². The number of sulfonamides is 1. The van der Waals surface area contributed by atoms with E-state index in [0.717, 1.165) is 11.9 Å². The van der Waals surface area contributed by atoms with Gasteiger partial charge in [-0.2, -0.15) is 0 Å². The van der Waals surface area contributed by atoms with Crippen molar-refractivity contribution in [2.75, 3.05) is 13.1 Å². The van der Waals surface area contributed by atoms with E-state index in [2.05, 4.69) is 21.8 Å². The number of para-hydroxylation sites is 1. The summed E-state index contributed by atoms with van der Waals surface area (Å²) in [6, 6.07) is 9.40. The van der Waals surface area contributed by atoms with Crippen molar-refractivity contribution in [1.82, 2.24) is 19.2 Å². The Balaban J connectivity index is 1.53. The van der Waals surface area contributed by atoms with Crippen molar-refractivity contribution in [2.24, 2.45) is 7.05 Å². The number of nitrogens with one attached hydrogen (secondary N) is 2. The molecule has 0 bridgehead atoms. The van der Waals surface area contributed by atoms with Crippen molar-refractivity contribution in [2.45, 2.75) is 31.2 Å². The summed E-state index contributed by atoms with van der Waals surface area (Å²) in [5.41, 5.74) is 3.85. The number of H-pyrrole nitrogens is 1. The van der Waals surface area contributed by atoms with Gasteiger partial charge in [-0.3, -0.25) is 4.79 Å². The Bertz CT molecular complexity index is 1230. The number of amides is 1. The molecule has 7 nitrogen and oxygen atoms in total. The number of aryl methyl sites for hydroxylation is 1. The van der Waals surface area contributed by atoms with Gasteiger partial charge in [0.05, 0.1) is 0 Å². The molecule has 0 radical (unpaired) electrons. The molecule has 3 heterocycles. The van der Waals surface area contributed by atoms with Crippen LogP contribution in [0.2, 0.25) is 0 Å².